The monoisotopic (exact) mass is 230 g/mol. The zero-order chi connectivity index (χ0) is 12.4. The van der Waals surface area contributed by atoms with Crippen molar-refractivity contribution in [3.05, 3.63) is 0 Å². The molecule has 16 heavy (non-hydrogen) atoms. The first-order valence-electron chi connectivity index (χ1n) is 6.10. The summed E-state index contributed by atoms with van der Waals surface area (Å²) < 4.78 is 4.87. The van der Waals surface area contributed by atoms with Gasteiger partial charge in [-0.2, -0.15) is 0 Å². The van der Waals surface area contributed by atoms with Gasteiger partial charge in [0.1, 0.15) is 0 Å². The number of unbranched alkanes of at least 4 members (excludes halogenated alkanes) is 1. The van der Waals surface area contributed by atoms with E-state index in [1.165, 1.54) is 6.42 Å². The van der Waals surface area contributed by atoms with Gasteiger partial charge in [-0.1, -0.05) is 26.7 Å². The standard InChI is InChI=1S/C12H26N2O2/c1-10(2)6-4-5-8-14-12(15)11(13)7-9-16-3/h10-11H,4-9,13H2,1-3H3,(H,14,15). The fraction of sp³-hybridized carbons (Fsp3) is 0.917. The molecule has 3 N–H and O–H groups in total. The van der Waals surface area contributed by atoms with Gasteiger partial charge < -0.3 is 15.8 Å². The summed E-state index contributed by atoms with van der Waals surface area (Å²) in [5.41, 5.74) is 5.67. The van der Waals surface area contributed by atoms with Crippen LogP contribution >= 0.6 is 0 Å². The van der Waals surface area contributed by atoms with Gasteiger partial charge in [0.2, 0.25) is 5.91 Å². The Morgan fingerprint density at radius 2 is 2.00 bits per heavy atom. The number of carbonyl (C=O) groups is 1. The molecule has 4 nitrogen and oxygen atoms in total. The van der Waals surface area contributed by atoms with Crippen LogP contribution in [0, 0.1) is 5.92 Å². The molecular weight excluding hydrogens is 204 g/mol. The van der Waals surface area contributed by atoms with E-state index >= 15 is 0 Å². The minimum atomic E-state index is -0.440. The summed E-state index contributed by atoms with van der Waals surface area (Å²) in [6, 6.07) is -0.440. The summed E-state index contributed by atoms with van der Waals surface area (Å²) in [6.07, 6.45) is 3.98. The van der Waals surface area contributed by atoms with Crippen LogP contribution in [0.1, 0.15) is 39.5 Å². The third kappa shape index (κ3) is 8.68. The third-order valence-corrected chi connectivity index (χ3v) is 2.48. The second-order valence-corrected chi connectivity index (χ2v) is 4.57. The lowest BCUT2D eigenvalue weighted by molar-refractivity contribution is -0.122. The molecule has 4 heteroatoms. The van der Waals surface area contributed by atoms with Gasteiger partial charge in [0.25, 0.3) is 0 Å². The van der Waals surface area contributed by atoms with Crippen molar-refractivity contribution in [1.29, 1.82) is 0 Å². The Hall–Kier alpha value is -0.610. The summed E-state index contributed by atoms with van der Waals surface area (Å²) >= 11 is 0. The Kier molecular flexibility index (Phi) is 9.24. The van der Waals surface area contributed by atoms with Crippen LogP contribution in [-0.2, 0) is 9.53 Å². The maximum atomic E-state index is 11.5. The predicted octanol–water partition coefficient (Wildman–Crippen LogP) is 1.29. The Morgan fingerprint density at radius 1 is 1.31 bits per heavy atom. The summed E-state index contributed by atoms with van der Waals surface area (Å²) in [4.78, 5) is 11.5. The van der Waals surface area contributed by atoms with E-state index in [9.17, 15) is 4.79 Å². The van der Waals surface area contributed by atoms with Crippen molar-refractivity contribution in [2.24, 2.45) is 11.7 Å². The van der Waals surface area contributed by atoms with E-state index in [0.717, 1.165) is 25.3 Å². The smallest absolute Gasteiger partial charge is 0.237 e. The maximum Gasteiger partial charge on any atom is 0.237 e. The molecule has 0 heterocycles. The molecule has 0 aromatic carbocycles. The summed E-state index contributed by atoms with van der Waals surface area (Å²) in [5, 5.41) is 2.85. The summed E-state index contributed by atoms with van der Waals surface area (Å²) in [5.74, 6) is 0.668. The van der Waals surface area contributed by atoms with Crippen molar-refractivity contribution in [2.45, 2.75) is 45.6 Å². The number of rotatable bonds is 9. The molecule has 0 saturated heterocycles. The molecule has 0 fully saturated rings. The van der Waals surface area contributed by atoms with E-state index in [4.69, 9.17) is 10.5 Å². The van der Waals surface area contributed by atoms with Gasteiger partial charge in [-0.25, -0.2) is 0 Å². The van der Waals surface area contributed by atoms with E-state index in [1.807, 2.05) is 0 Å². The number of ether oxygens (including phenoxy) is 1. The average molecular weight is 230 g/mol. The molecule has 0 aromatic rings. The molecule has 0 saturated carbocycles. The van der Waals surface area contributed by atoms with Gasteiger partial charge in [-0.05, 0) is 18.8 Å². The molecule has 0 aliphatic rings. The number of hydrogen-bond acceptors (Lipinski definition) is 3. The van der Waals surface area contributed by atoms with Crippen LogP contribution in [0.5, 0.6) is 0 Å². The van der Waals surface area contributed by atoms with Crippen LogP contribution in [0.2, 0.25) is 0 Å². The largest absolute Gasteiger partial charge is 0.385 e. The molecule has 0 bridgehead atoms. The Morgan fingerprint density at radius 3 is 2.56 bits per heavy atom. The number of carbonyl (C=O) groups excluding carboxylic acids is 1. The third-order valence-electron chi connectivity index (χ3n) is 2.48. The molecule has 0 spiro atoms. The molecule has 96 valence electrons. The van der Waals surface area contributed by atoms with E-state index in [-0.39, 0.29) is 5.91 Å². The first-order valence-corrected chi connectivity index (χ1v) is 6.10. The Balaban J connectivity index is 3.42. The van der Waals surface area contributed by atoms with Gasteiger partial charge in [-0.15, -0.1) is 0 Å². The fourth-order valence-electron chi connectivity index (χ4n) is 1.40. The number of methoxy groups -OCH3 is 1. The minimum absolute atomic E-state index is 0.0680. The average Bonchev–Trinajstić information content (AvgIpc) is 2.24. The van der Waals surface area contributed by atoms with Crippen LogP contribution in [-0.4, -0.2) is 32.2 Å². The fourth-order valence-corrected chi connectivity index (χ4v) is 1.40. The van der Waals surface area contributed by atoms with E-state index in [2.05, 4.69) is 19.2 Å². The number of hydrogen-bond donors (Lipinski definition) is 2. The highest BCUT2D eigenvalue weighted by Crippen LogP contribution is 2.05. The van der Waals surface area contributed by atoms with Crippen LogP contribution < -0.4 is 11.1 Å². The van der Waals surface area contributed by atoms with Crippen molar-refractivity contribution >= 4 is 5.91 Å². The molecule has 0 aromatic heterocycles. The van der Waals surface area contributed by atoms with Crippen molar-refractivity contribution in [3.63, 3.8) is 0 Å². The SMILES string of the molecule is COCCC(N)C(=O)NCCCCC(C)C. The van der Waals surface area contributed by atoms with Gasteiger partial charge >= 0.3 is 0 Å². The Bertz CT molecular complexity index is 184. The zero-order valence-corrected chi connectivity index (χ0v) is 10.8. The number of nitrogens with one attached hydrogen (secondary N) is 1. The Labute approximate surface area is 98.9 Å². The molecular formula is C12H26N2O2. The first kappa shape index (κ1) is 15.4. The highest BCUT2D eigenvalue weighted by atomic mass is 16.5. The predicted molar refractivity (Wildman–Crippen MR) is 66.2 cm³/mol. The number of amides is 1. The molecule has 1 amide bonds. The first-order chi connectivity index (χ1) is 7.57. The zero-order valence-electron chi connectivity index (χ0n) is 10.8. The van der Waals surface area contributed by atoms with E-state index < -0.39 is 6.04 Å². The van der Waals surface area contributed by atoms with Crippen LogP contribution in [0.25, 0.3) is 0 Å². The lowest BCUT2D eigenvalue weighted by Crippen LogP contribution is -2.41. The lowest BCUT2D eigenvalue weighted by atomic mass is 10.1. The highest BCUT2D eigenvalue weighted by molar-refractivity contribution is 5.81. The quantitative estimate of drug-likeness (QED) is 0.587. The van der Waals surface area contributed by atoms with Crippen molar-refractivity contribution in [3.8, 4) is 0 Å². The van der Waals surface area contributed by atoms with Gasteiger partial charge in [0.05, 0.1) is 6.04 Å². The number of nitrogens with two attached hydrogens (primary N) is 1. The van der Waals surface area contributed by atoms with Gasteiger partial charge in [-0.3, -0.25) is 4.79 Å². The highest BCUT2D eigenvalue weighted by Gasteiger charge is 2.11. The van der Waals surface area contributed by atoms with Crippen LogP contribution in [0.4, 0.5) is 0 Å². The van der Waals surface area contributed by atoms with E-state index in [0.29, 0.717) is 13.0 Å². The molecule has 0 rings (SSSR count). The summed E-state index contributed by atoms with van der Waals surface area (Å²) in [6.45, 7) is 5.67. The van der Waals surface area contributed by atoms with Gasteiger partial charge in [0.15, 0.2) is 0 Å². The maximum absolute atomic E-state index is 11.5. The van der Waals surface area contributed by atoms with Crippen LogP contribution in [0.15, 0.2) is 0 Å². The molecule has 0 aliphatic heterocycles. The van der Waals surface area contributed by atoms with Crippen molar-refractivity contribution < 1.29 is 9.53 Å². The molecule has 0 radical (unpaired) electrons. The molecule has 1 atom stereocenters. The minimum Gasteiger partial charge on any atom is -0.385 e. The molecule has 0 aliphatic carbocycles. The lowest BCUT2D eigenvalue weighted by Gasteiger charge is -2.11. The van der Waals surface area contributed by atoms with Crippen molar-refractivity contribution in [2.75, 3.05) is 20.3 Å². The second kappa shape index (κ2) is 9.60. The van der Waals surface area contributed by atoms with Gasteiger partial charge in [0, 0.05) is 20.3 Å². The van der Waals surface area contributed by atoms with Crippen molar-refractivity contribution in [1.82, 2.24) is 5.32 Å². The van der Waals surface area contributed by atoms with E-state index in [1.54, 1.807) is 7.11 Å². The normalized spacial score (nSPS) is 12.8. The molecule has 1 unspecified atom stereocenters. The second-order valence-electron chi connectivity index (χ2n) is 4.57. The topological polar surface area (TPSA) is 64.3 Å². The van der Waals surface area contributed by atoms with Crippen LogP contribution in [0.3, 0.4) is 0 Å². The summed E-state index contributed by atoms with van der Waals surface area (Å²) in [7, 11) is 1.61.